The summed E-state index contributed by atoms with van der Waals surface area (Å²) < 4.78 is 4.95. The zero-order chi connectivity index (χ0) is 15.8. The molecule has 25 heavy (non-hydrogen) atoms. The lowest BCUT2D eigenvalue weighted by atomic mass is 10.1. The van der Waals surface area contributed by atoms with Crippen LogP contribution >= 0.6 is 37.2 Å². The maximum Gasteiger partial charge on any atom is 0.236 e. The van der Waals surface area contributed by atoms with E-state index in [1.165, 1.54) is 5.56 Å². The summed E-state index contributed by atoms with van der Waals surface area (Å²) in [6.07, 6.45) is 3.71. The van der Waals surface area contributed by atoms with Gasteiger partial charge in [0.05, 0.1) is 13.2 Å². The van der Waals surface area contributed by atoms with Crippen molar-refractivity contribution in [2.75, 3.05) is 53.0 Å². The van der Waals surface area contributed by atoms with Crippen molar-refractivity contribution in [1.29, 1.82) is 0 Å². The van der Waals surface area contributed by atoms with Crippen molar-refractivity contribution >= 4 is 43.1 Å². The molecule has 1 aromatic heterocycles. The number of hydrogen-bond donors (Lipinski definition) is 1. The fourth-order valence-corrected chi connectivity index (χ4v) is 2.67. The number of halogens is 3. The van der Waals surface area contributed by atoms with Crippen LogP contribution in [0.4, 0.5) is 0 Å². The average molecular weight is 416 g/mol. The fraction of sp³-hybridized carbons (Fsp3) is 0.625. The zero-order valence-electron chi connectivity index (χ0n) is 14.7. The van der Waals surface area contributed by atoms with E-state index in [1.807, 2.05) is 17.2 Å². The monoisotopic (exact) mass is 414 g/mol. The molecule has 1 aliphatic rings. The highest BCUT2D eigenvalue weighted by Crippen LogP contribution is 2.20. The lowest BCUT2D eigenvalue weighted by Crippen LogP contribution is -2.51. The second-order valence-electron chi connectivity index (χ2n) is 5.55. The van der Waals surface area contributed by atoms with Gasteiger partial charge in [-0.1, -0.05) is 6.07 Å². The number of rotatable bonds is 7. The Morgan fingerprint density at radius 1 is 1.28 bits per heavy atom. The Labute approximate surface area is 168 Å². The van der Waals surface area contributed by atoms with Gasteiger partial charge in [0, 0.05) is 58.3 Å². The molecular formula is C16H29Cl3N4O2. The van der Waals surface area contributed by atoms with E-state index in [4.69, 9.17) is 4.74 Å². The van der Waals surface area contributed by atoms with Gasteiger partial charge in [0.15, 0.2) is 0 Å². The standard InChI is InChI=1S/C16H26N4O2.3ClH/c1-14(15-4-3-5-17-12-15)19-7-9-20(10-8-19)16(21)13-18-6-11-22-2;;;/h3-5,12,14,18H,6-11,13H2,1-2H3;3*1H. The van der Waals surface area contributed by atoms with Crippen LogP contribution < -0.4 is 5.32 Å². The Morgan fingerprint density at radius 2 is 1.96 bits per heavy atom. The predicted molar refractivity (Wildman–Crippen MR) is 107 cm³/mol. The van der Waals surface area contributed by atoms with E-state index in [9.17, 15) is 4.79 Å². The highest BCUT2D eigenvalue weighted by Gasteiger charge is 2.24. The Kier molecular flexibility index (Phi) is 15.5. The van der Waals surface area contributed by atoms with Gasteiger partial charge in [0.25, 0.3) is 0 Å². The number of carbonyl (C=O) groups is 1. The summed E-state index contributed by atoms with van der Waals surface area (Å²) in [7, 11) is 1.66. The number of methoxy groups -OCH3 is 1. The molecule has 0 spiro atoms. The molecule has 0 aromatic carbocycles. The van der Waals surface area contributed by atoms with Gasteiger partial charge in [-0.25, -0.2) is 0 Å². The molecule has 1 saturated heterocycles. The third-order valence-corrected chi connectivity index (χ3v) is 4.14. The van der Waals surface area contributed by atoms with E-state index >= 15 is 0 Å². The molecule has 1 aromatic rings. The molecule has 146 valence electrons. The number of carbonyl (C=O) groups excluding carboxylic acids is 1. The summed E-state index contributed by atoms with van der Waals surface area (Å²) in [5.74, 6) is 0.171. The van der Waals surface area contributed by atoms with Crippen LogP contribution in [0.15, 0.2) is 24.5 Å². The molecule has 0 radical (unpaired) electrons. The van der Waals surface area contributed by atoms with Crippen molar-refractivity contribution in [1.82, 2.24) is 20.1 Å². The molecule has 1 unspecified atom stereocenters. The van der Waals surface area contributed by atoms with Crippen LogP contribution in [0, 0.1) is 0 Å². The summed E-state index contributed by atoms with van der Waals surface area (Å²) in [5, 5.41) is 3.11. The zero-order valence-corrected chi connectivity index (χ0v) is 17.2. The molecular weight excluding hydrogens is 387 g/mol. The van der Waals surface area contributed by atoms with Gasteiger partial charge in [-0.2, -0.15) is 0 Å². The van der Waals surface area contributed by atoms with E-state index < -0.39 is 0 Å². The number of nitrogens with zero attached hydrogens (tertiary/aromatic N) is 3. The number of ether oxygens (including phenoxy) is 1. The average Bonchev–Trinajstić information content (AvgIpc) is 2.59. The minimum Gasteiger partial charge on any atom is -0.383 e. The number of hydrogen-bond acceptors (Lipinski definition) is 5. The van der Waals surface area contributed by atoms with E-state index in [0.717, 1.165) is 26.2 Å². The van der Waals surface area contributed by atoms with Crippen LogP contribution in [-0.4, -0.2) is 73.7 Å². The highest BCUT2D eigenvalue weighted by atomic mass is 35.5. The Hall–Kier alpha value is -0.630. The van der Waals surface area contributed by atoms with Crippen LogP contribution in [0.25, 0.3) is 0 Å². The normalized spacial score (nSPS) is 15.4. The summed E-state index contributed by atoms with van der Waals surface area (Å²) >= 11 is 0. The SMILES string of the molecule is COCCNCC(=O)N1CCN(C(C)c2cccnc2)CC1.Cl.Cl.Cl. The quantitative estimate of drug-likeness (QED) is 0.688. The smallest absolute Gasteiger partial charge is 0.236 e. The third kappa shape index (κ3) is 8.53. The molecule has 9 heteroatoms. The molecule has 1 amide bonds. The van der Waals surface area contributed by atoms with Gasteiger partial charge in [-0.15, -0.1) is 37.2 Å². The molecule has 2 heterocycles. The fourth-order valence-electron chi connectivity index (χ4n) is 2.67. The predicted octanol–water partition coefficient (Wildman–Crippen LogP) is 1.79. The first-order chi connectivity index (χ1) is 10.7. The van der Waals surface area contributed by atoms with Gasteiger partial charge < -0.3 is 15.0 Å². The maximum atomic E-state index is 12.1. The number of pyridine rings is 1. The van der Waals surface area contributed by atoms with Gasteiger partial charge in [-0.3, -0.25) is 14.7 Å². The largest absolute Gasteiger partial charge is 0.383 e. The summed E-state index contributed by atoms with van der Waals surface area (Å²) in [6.45, 7) is 7.30. The lowest BCUT2D eigenvalue weighted by molar-refractivity contribution is -0.132. The van der Waals surface area contributed by atoms with Crippen LogP contribution in [-0.2, 0) is 9.53 Å². The lowest BCUT2D eigenvalue weighted by Gasteiger charge is -2.38. The van der Waals surface area contributed by atoms with Crippen molar-refractivity contribution < 1.29 is 9.53 Å². The molecule has 1 N–H and O–H groups in total. The van der Waals surface area contributed by atoms with E-state index in [2.05, 4.69) is 28.2 Å². The number of amides is 1. The Bertz CT molecular complexity index is 460. The Balaban J connectivity index is 0. The first kappa shape index (κ1) is 26.6. The second kappa shape index (κ2) is 14.5. The molecule has 6 nitrogen and oxygen atoms in total. The molecule has 0 bridgehead atoms. The Morgan fingerprint density at radius 3 is 2.52 bits per heavy atom. The highest BCUT2D eigenvalue weighted by molar-refractivity contribution is 5.86. The molecule has 1 fully saturated rings. The van der Waals surface area contributed by atoms with Crippen LogP contribution in [0.1, 0.15) is 18.5 Å². The van der Waals surface area contributed by atoms with Crippen molar-refractivity contribution in [3.05, 3.63) is 30.1 Å². The molecule has 2 rings (SSSR count). The van der Waals surface area contributed by atoms with E-state index in [-0.39, 0.29) is 43.1 Å². The topological polar surface area (TPSA) is 57.7 Å². The summed E-state index contributed by atoms with van der Waals surface area (Å²) in [5.41, 5.74) is 1.23. The molecule has 1 aliphatic heterocycles. The third-order valence-electron chi connectivity index (χ3n) is 4.14. The molecule has 1 atom stereocenters. The van der Waals surface area contributed by atoms with Gasteiger partial charge in [-0.05, 0) is 18.6 Å². The van der Waals surface area contributed by atoms with Crippen LogP contribution in [0.5, 0.6) is 0 Å². The first-order valence-electron chi connectivity index (χ1n) is 7.83. The minimum absolute atomic E-state index is 0. The minimum atomic E-state index is 0. The number of nitrogens with one attached hydrogen (secondary N) is 1. The number of aromatic nitrogens is 1. The van der Waals surface area contributed by atoms with Crippen molar-refractivity contribution in [2.45, 2.75) is 13.0 Å². The van der Waals surface area contributed by atoms with Crippen molar-refractivity contribution in [3.63, 3.8) is 0 Å². The van der Waals surface area contributed by atoms with E-state index in [0.29, 0.717) is 25.7 Å². The first-order valence-corrected chi connectivity index (χ1v) is 7.83. The van der Waals surface area contributed by atoms with Crippen LogP contribution in [0.3, 0.4) is 0 Å². The van der Waals surface area contributed by atoms with Gasteiger partial charge in [0.2, 0.25) is 5.91 Å². The van der Waals surface area contributed by atoms with Gasteiger partial charge >= 0.3 is 0 Å². The molecule has 0 aliphatic carbocycles. The maximum absolute atomic E-state index is 12.1. The molecule has 0 saturated carbocycles. The summed E-state index contributed by atoms with van der Waals surface area (Å²) in [6, 6.07) is 4.41. The van der Waals surface area contributed by atoms with Crippen LogP contribution in [0.2, 0.25) is 0 Å². The summed E-state index contributed by atoms with van der Waals surface area (Å²) in [4.78, 5) is 20.6. The number of piperazine rings is 1. The van der Waals surface area contributed by atoms with Crippen molar-refractivity contribution in [2.24, 2.45) is 0 Å². The second-order valence-corrected chi connectivity index (χ2v) is 5.55. The van der Waals surface area contributed by atoms with Crippen molar-refractivity contribution in [3.8, 4) is 0 Å². The van der Waals surface area contributed by atoms with Gasteiger partial charge in [0.1, 0.15) is 0 Å². The van der Waals surface area contributed by atoms with E-state index in [1.54, 1.807) is 13.3 Å².